The monoisotopic (exact) mass is 575 g/mol. The van der Waals surface area contributed by atoms with Gasteiger partial charge in [0.25, 0.3) is 0 Å². The average Bonchev–Trinajstić information content (AvgIpc) is 3.64. The highest BCUT2D eigenvalue weighted by atomic mass is 32.1. The maximum absolute atomic E-state index is 13.2. The minimum atomic E-state index is -0.403. The fraction of sp³-hybridized carbons (Fsp3) is 0.152. The zero-order chi connectivity index (χ0) is 29.1. The minimum Gasteiger partial charge on any atom is -0.465 e. The molecule has 42 heavy (non-hydrogen) atoms. The Morgan fingerprint density at radius 1 is 0.976 bits per heavy atom. The molecule has 1 aliphatic heterocycles. The van der Waals surface area contributed by atoms with Crippen molar-refractivity contribution in [3.63, 3.8) is 0 Å². The van der Waals surface area contributed by atoms with Crippen molar-refractivity contribution >= 4 is 45.7 Å². The second-order valence-electron chi connectivity index (χ2n) is 9.99. The Hall–Kier alpha value is -5.02. The first-order valence-electron chi connectivity index (χ1n) is 13.6. The summed E-state index contributed by atoms with van der Waals surface area (Å²) in [5.74, 6) is -0.505. The van der Waals surface area contributed by atoms with E-state index in [1.165, 1.54) is 7.11 Å². The first kappa shape index (κ1) is 27.2. The van der Waals surface area contributed by atoms with Crippen molar-refractivity contribution in [1.82, 2.24) is 19.8 Å². The summed E-state index contributed by atoms with van der Waals surface area (Å²) in [7, 11) is 1.37. The van der Waals surface area contributed by atoms with Crippen molar-refractivity contribution in [3.8, 4) is 5.69 Å². The molecule has 0 radical (unpaired) electrons. The maximum Gasteiger partial charge on any atom is 0.337 e. The van der Waals surface area contributed by atoms with Crippen LogP contribution < -0.4 is 10.6 Å². The highest BCUT2D eigenvalue weighted by Gasteiger charge is 2.41. The number of amides is 1. The Bertz CT molecular complexity index is 1760. The van der Waals surface area contributed by atoms with E-state index in [9.17, 15) is 9.59 Å². The molecule has 6 rings (SSSR count). The second-order valence-corrected chi connectivity index (χ2v) is 10.4. The van der Waals surface area contributed by atoms with E-state index in [0.29, 0.717) is 17.2 Å². The second kappa shape index (κ2) is 11.8. The van der Waals surface area contributed by atoms with Gasteiger partial charge in [0.15, 0.2) is 5.11 Å². The topological polar surface area (TPSA) is 88.5 Å². The molecule has 2 aromatic heterocycles. The molecular formula is C33H29N5O3S. The molecule has 2 N–H and O–H groups in total. The molecule has 9 heteroatoms. The van der Waals surface area contributed by atoms with Crippen LogP contribution in [-0.4, -0.2) is 45.1 Å². The summed E-state index contributed by atoms with van der Waals surface area (Å²) in [6.45, 7) is 0.393. The minimum absolute atomic E-state index is 0.102. The molecule has 5 aromatic rings. The van der Waals surface area contributed by atoms with Crippen LogP contribution in [0.4, 0.5) is 5.69 Å². The van der Waals surface area contributed by atoms with Crippen molar-refractivity contribution in [2.24, 2.45) is 0 Å². The largest absolute Gasteiger partial charge is 0.465 e. The van der Waals surface area contributed by atoms with Crippen LogP contribution in [0.15, 0.2) is 109 Å². The molecule has 0 aliphatic carbocycles. The number of esters is 1. The Morgan fingerprint density at radius 3 is 2.62 bits per heavy atom. The van der Waals surface area contributed by atoms with Crippen molar-refractivity contribution < 1.29 is 14.3 Å². The highest BCUT2D eigenvalue weighted by Crippen LogP contribution is 2.39. The van der Waals surface area contributed by atoms with Crippen LogP contribution in [0.5, 0.6) is 0 Å². The number of anilines is 1. The van der Waals surface area contributed by atoms with E-state index in [4.69, 9.17) is 17.0 Å². The van der Waals surface area contributed by atoms with E-state index in [1.807, 2.05) is 101 Å². The summed E-state index contributed by atoms with van der Waals surface area (Å²) in [5, 5.41) is 9.14. The van der Waals surface area contributed by atoms with Gasteiger partial charge in [0.05, 0.1) is 30.5 Å². The van der Waals surface area contributed by atoms with Gasteiger partial charge in [-0.05, 0) is 66.1 Å². The van der Waals surface area contributed by atoms with E-state index in [2.05, 4.69) is 15.6 Å². The lowest BCUT2D eigenvalue weighted by atomic mass is 10.0. The Labute approximate surface area is 248 Å². The molecule has 2 atom stereocenters. The predicted octanol–water partition coefficient (Wildman–Crippen LogP) is 5.81. The number of methoxy groups -OCH3 is 1. The lowest BCUT2D eigenvalue weighted by molar-refractivity contribution is -0.116. The van der Waals surface area contributed by atoms with Gasteiger partial charge in [-0.3, -0.25) is 9.78 Å². The molecule has 1 fully saturated rings. The van der Waals surface area contributed by atoms with Crippen molar-refractivity contribution in [2.75, 3.05) is 19.0 Å². The number of aromatic nitrogens is 2. The number of ether oxygens (including phenoxy) is 1. The summed E-state index contributed by atoms with van der Waals surface area (Å²) in [4.78, 5) is 32.1. The van der Waals surface area contributed by atoms with Crippen molar-refractivity contribution in [3.05, 3.63) is 126 Å². The van der Waals surface area contributed by atoms with Crippen LogP contribution >= 0.6 is 12.2 Å². The normalized spacial score (nSPS) is 16.3. The summed E-state index contributed by atoms with van der Waals surface area (Å²) in [6, 6.07) is 30.4. The molecule has 0 unspecified atom stereocenters. The van der Waals surface area contributed by atoms with Gasteiger partial charge in [0.2, 0.25) is 5.91 Å². The number of hydrogen-bond donors (Lipinski definition) is 2. The number of carbonyl (C=O) groups is 2. The lowest BCUT2D eigenvalue weighted by Gasteiger charge is -2.29. The number of carbonyl (C=O) groups excluding carboxylic acids is 2. The number of fused-ring (bicyclic) bond motifs is 1. The van der Waals surface area contributed by atoms with E-state index in [0.717, 1.165) is 33.5 Å². The number of nitrogens with one attached hydrogen (secondary N) is 2. The summed E-state index contributed by atoms with van der Waals surface area (Å²) in [5.41, 5.74) is 3.82. The number of nitrogens with zero attached hydrogens (tertiary/aromatic N) is 3. The Morgan fingerprint density at radius 2 is 1.79 bits per heavy atom. The first-order chi connectivity index (χ1) is 20.5. The smallest absolute Gasteiger partial charge is 0.337 e. The third-order valence-electron chi connectivity index (χ3n) is 7.47. The lowest BCUT2D eigenvalue weighted by Crippen LogP contribution is -2.33. The molecule has 210 valence electrons. The van der Waals surface area contributed by atoms with Crippen molar-refractivity contribution in [2.45, 2.75) is 18.5 Å². The standard InChI is InChI=1S/C33H29N5O3S/c1-41-32(40)23-11-6-12-24(21-23)37-19-8-16-28(37)31-30(27-14-4-5-18-34-27)36-33(42)38(31)20-17-29(39)35-26-15-7-10-22-9-2-3-13-25(22)26/h2-16,18-19,21,30-31H,17,20H2,1H3,(H,35,39)(H,36,42)/t30-,31+/m0/s1. The SMILES string of the molecule is COC(=O)c1cccc(-n2cccc2[C@@H]2[C@H](c3ccccn3)NC(=S)N2CCC(=O)Nc2cccc3ccccc23)c1. The molecule has 0 bridgehead atoms. The van der Waals surface area contributed by atoms with Crippen molar-refractivity contribution in [1.29, 1.82) is 0 Å². The third-order valence-corrected chi connectivity index (χ3v) is 7.82. The maximum atomic E-state index is 13.2. The van der Waals surface area contributed by atoms with E-state index in [-0.39, 0.29) is 24.4 Å². The number of pyridine rings is 1. The van der Waals surface area contributed by atoms with E-state index in [1.54, 1.807) is 18.3 Å². The van der Waals surface area contributed by atoms with Crippen LogP contribution in [0.25, 0.3) is 16.5 Å². The Balaban J connectivity index is 1.30. The zero-order valence-corrected chi connectivity index (χ0v) is 23.8. The summed E-state index contributed by atoms with van der Waals surface area (Å²) in [6.07, 6.45) is 3.94. The fourth-order valence-electron chi connectivity index (χ4n) is 5.51. The van der Waals surface area contributed by atoms with Gasteiger partial charge in [-0.15, -0.1) is 0 Å². The molecular weight excluding hydrogens is 546 g/mol. The highest BCUT2D eigenvalue weighted by molar-refractivity contribution is 7.80. The number of thiocarbonyl (C=S) groups is 1. The van der Waals surface area contributed by atoms with Gasteiger partial charge in [-0.2, -0.15) is 0 Å². The van der Waals surface area contributed by atoms with E-state index >= 15 is 0 Å². The van der Waals surface area contributed by atoms with Gasteiger partial charge in [-0.25, -0.2) is 4.79 Å². The van der Waals surface area contributed by atoms with Crippen LogP contribution in [0, 0.1) is 0 Å². The van der Waals surface area contributed by atoms with Crippen LogP contribution in [0.2, 0.25) is 0 Å². The number of rotatable bonds is 8. The molecule has 0 saturated carbocycles. The Kier molecular flexibility index (Phi) is 7.66. The average molecular weight is 576 g/mol. The van der Waals surface area contributed by atoms with Crippen LogP contribution in [0.1, 0.15) is 40.3 Å². The molecule has 0 spiro atoms. The summed E-state index contributed by atoms with van der Waals surface area (Å²) >= 11 is 5.83. The van der Waals surface area contributed by atoms with Gasteiger partial charge < -0.3 is 24.8 Å². The van der Waals surface area contributed by atoms with E-state index < -0.39 is 5.97 Å². The predicted molar refractivity (Wildman–Crippen MR) is 166 cm³/mol. The molecule has 1 saturated heterocycles. The molecule has 1 amide bonds. The molecule has 8 nitrogen and oxygen atoms in total. The fourth-order valence-corrected chi connectivity index (χ4v) is 5.84. The summed E-state index contributed by atoms with van der Waals surface area (Å²) < 4.78 is 6.97. The van der Waals surface area contributed by atoms with Gasteiger partial charge in [0, 0.05) is 47.8 Å². The van der Waals surface area contributed by atoms with Gasteiger partial charge >= 0.3 is 5.97 Å². The number of hydrogen-bond acceptors (Lipinski definition) is 5. The first-order valence-corrected chi connectivity index (χ1v) is 14.1. The van der Waals surface area contributed by atoms with Crippen LogP contribution in [0.3, 0.4) is 0 Å². The van der Waals surface area contributed by atoms with Gasteiger partial charge in [0.1, 0.15) is 0 Å². The zero-order valence-electron chi connectivity index (χ0n) is 22.9. The van der Waals surface area contributed by atoms with Crippen LogP contribution in [-0.2, 0) is 9.53 Å². The molecule has 1 aliphatic rings. The van der Waals surface area contributed by atoms with Gasteiger partial charge in [-0.1, -0.05) is 48.5 Å². The quantitative estimate of drug-likeness (QED) is 0.178. The third kappa shape index (κ3) is 5.34. The number of benzene rings is 3. The molecule has 3 heterocycles. The molecule has 3 aromatic carbocycles.